The van der Waals surface area contributed by atoms with E-state index >= 15 is 0 Å². The van der Waals surface area contributed by atoms with Gasteiger partial charge in [-0.05, 0) is 42.6 Å². The molecule has 110 valence electrons. The summed E-state index contributed by atoms with van der Waals surface area (Å²) in [6.45, 7) is 0. The zero-order valence-electron chi connectivity index (χ0n) is 11.1. The summed E-state index contributed by atoms with van der Waals surface area (Å²) in [5, 5.41) is 4.74. The molecule has 1 fully saturated rings. The van der Waals surface area contributed by atoms with Gasteiger partial charge in [0.05, 0.1) is 0 Å². The van der Waals surface area contributed by atoms with Crippen LogP contribution in [-0.4, -0.2) is 16.9 Å². The van der Waals surface area contributed by atoms with Crippen LogP contribution in [-0.2, 0) is 9.59 Å². The minimum absolute atomic E-state index is 0.00131. The second-order valence-electron chi connectivity index (χ2n) is 4.51. The lowest BCUT2D eigenvalue weighted by Crippen LogP contribution is -2.51. The van der Waals surface area contributed by atoms with Crippen LogP contribution in [0.4, 0.5) is 0 Å². The molecular weight excluding hydrogens is 368 g/mol. The van der Waals surface area contributed by atoms with Crippen LogP contribution in [0.15, 0.2) is 50.9 Å². The predicted octanol–water partition coefficient (Wildman–Crippen LogP) is 2.62. The molecule has 0 aliphatic carbocycles. The first kappa shape index (κ1) is 14.7. The number of carbonyl (C=O) groups is 2. The molecule has 0 spiro atoms. The molecule has 0 saturated carbocycles. The molecular formula is C15H9BrN2O3S. The van der Waals surface area contributed by atoms with Gasteiger partial charge in [0.2, 0.25) is 0 Å². The molecule has 0 unspecified atom stereocenters. The number of furan rings is 1. The van der Waals surface area contributed by atoms with E-state index in [-0.39, 0.29) is 10.7 Å². The van der Waals surface area contributed by atoms with Crippen LogP contribution in [0.2, 0.25) is 0 Å². The Morgan fingerprint density at radius 3 is 2.50 bits per heavy atom. The average Bonchev–Trinajstić information content (AvgIpc) is 2.91. The van der Waals surface area contributed by atoms with Crippen molar-refractivity contribution in [3.8, 4) is 11.3 Å². The highest BCUT2D eigenvalue weighted by molar-refractivity contribution is 9.10. The van der Waals surface area contributed by atoms with Crippen molar-refractivity contribution in [2.45, 2.75) is 0 Å². The van der Waals surface area contributed by atoms with Crippen molar-refractivity contribution < 1.29 is 14.0 Å². The summed E-state index contributed by atoms with van der Waals surface area (Å²) < 4.78 is 6.59. The van der Waals surface area contributed by atoms with Crippen LogP contribution in [0.3, 0.4) is 0 Å². The normalized spacial score (nSPS) is 14.6. The Morgan fingerprint density at radius 1 is 1.09 bits per heavy atom. The molecule has 1 aromatic heterocycles. The topological polar surface area (TPSA) is 71.3 Å². The van der Waals surface area contributed by atoms with E-state index in [0.29, 0.717) is 11.5 Å². The van der Waals surface area contributed by atoms with Gasteiger partial charge < -0.3 is 4.42 Å². The Bertz CT molecular complexity index is 804. The monoisotopic (exact) mass is 376 g/mol. The van der Waals surface area contributed by atoms with E-state index in [0.717, 1.165) is 10.0 Å². The highest BCUT2D eigenvalue weighted by atomic mass is 79.9. The maximum atomic E-state index is 11.8. The van der Waals surface area contributed by atoms with E-state index in [4.69, 9.17) is 16.6 Å². The number of hydrogen-bond acceptors (Lipinski definition) is 4. The van der Waals surface area contributed by atoms with Gasteiger partial charge >= 0.3 is 0 Å². The molecule has 0 bridgehead atoms. The molecule has 0 atom stereocenters. The van der Waals surface area contributed by atoms with E-state index in [1.807, 2.05) is 24.3 Å². The number of benzene rings is 1. The molecule has 1 aliphatic rings. The van der Waals surface area contributed by atoms with Gasteiger partial charge in [0.25, 0.3) is 11.8 Å². The van der Waals surface area contributed by atoms with Crippen LogP contribution in [0.25, 0.3) is 17.4 Å². The molecule has 2 N–H and O–H groups in total. The fourth-order valence-electron chi connectivity index (χ4n) is 1.98. The van der Waals surface area contributed by atoms with E-state index in [1.165, 1.54) is 6.08 Å². The second kappa shape index (κ2) is 5.86. The number of rotatable bonds is 2. The van der Waals surface area contributed by atoms with Crippen molar-refractivity contribution in [3.05, 3.63) is 52.2 Å². The zero-order chi connectivity index (χ0) is 15.7. The molecule has 22 heavy (non-hydrogen) atoms. The van der Waals surface area contributed by atoms with Gasteiger partial charge in [0.1, 0.15) is 17.1 Å². The molecule has 7 heteroatoms. The van der Waals surface area contributed by atoms with E-state index in [9.17, 15) is 9.59 Å². The maximum absolute atomic E-state index is 11.8. The van der Waals surface area contributed by atoms with Crippen LogP contribution in [0, 0.1) is 0 Å². The molecule has 0 radical (unpaired) electrons. The van der Waals surface area contributed by atoms with Crippen LogP contribution >= 0.6 is 28.1 Å². The summed E-state index contributed by atoms with van der Waals surface area (Å²) >= 11 is 8.13. The van der Waals surface area contributed by atoms with E-state index < -0.39 is 11.8 Å². The Morgan fingerprint density at radius 2 is 1.82 bits per heavy atom. The van der Waals surface area contributed by atoms with Crippen LogP contribution in [0.5, 0.6) is 0 Å². The number of hydrogen-bond donors (Lipinski definition) is 2. The minimum Gasteiger partial charge on any atom is -0.457 e. The van der Waals surface area contributed by atoms with Crippen molar-refractivity contribution in [3.63, 3.8) is 0 Å². The van der Waals surface area contributed by atoms with Gasteiger partial charge in [-0.2, -0.15) is 0 Å². The third kappa shape index (κ3) is 3.00. The quantitative estimate of drug-likeness (QED) is 0.480. The Kier molecular flexibility index (Phi) is 3.91. The van der Waals surface area contributed by atoms with E-state index in [1.54, 1.807) is 12.1 Å². The van der Waals surface area contributed by atoms with Gasteiger partial charge in [0.15, 0.2) is 5.11 Å². The van der Waals surface area contributed by atoms with Gasteiger partial charge in [-0.15, -0.1) is 0 Å². The van der Waals surface area contributed by atoms with Gasteiger partial charge in [-0.1, -0.05) is 28.1 Å². The first-order chi connectivity index (χ1) is 10.5. The van der Waals surface area contributed by atoms with Crippen LogP contribution < -0.4 is 10.6 Å². The summed E-state index contributed by atoms with van der Waals surface area (Å²) in [5.74, 6) is -0.0494. The zero-order valence-corrected chi connectivity index (χ0v) is 13.5. The minimum atomic E-state index is -0.547. The Labute approximate surface area is 139 Å². The number of halogens is 1. The van der Waals surface area contributed by atoms with Crippen molar-refractivity contribution in [2.75, 3.05) is 0 Å². The fourth-order valence-corrected chi connectivity index (χ4v) is 2.56. The Hall–Kier alpha value is -2.25. The summed E-state index contributed by atoms with van der Waals surface area (Å²) in [5.41, 5.74) is 0.835. The van der Waals surface area contributed by atoms with E-state index in [2.05, 4.69) is 26.6 Å². The third-order valence-corrected chi connectivity index (χ3v) is 3.66. The molecule has 2 amide bonds. The largest absolute Gasteiger partial charge is 0.457 e. The second-order valence-corrected chi connectivity index (χ2v) is 5.83. The molecule has 1 aromatic carbocycles. The first-order valence-corrected chi connectivity index (χ1v) is 7.47. The summed E-state index contributed by atoms with van der Waals surface area (Å²) in [4.78, 5) is 23.5. The van der Waals surface area contributed by atoms with Crippen molar-refractivity contribution in [1.29, 1.82) is 0 Å². The standard InChI is InChI=1S/C15H9BrN2O3S/c16-9-3-1-2-8(6-9)12-5-4-10(21-12)7-11-13(19)17-15(22)18-14(11)20/h1-7H,(H2,17,18,19,20,22). The molecule has 2 aromatic rings. The van der Waals surface area contributed by atoms with Crippen molar-refractivity contribution in [1.82, 2.24) is 10.6 Å². The lowest BCUT2D eigenvalue weighted by Gasteiger charge is -2.15. The molecule has 5 nitrogen and oxygen atoms in total. The van der Waals surface area contributed by atoms with Crippen molar-refractivity contribution >= 4 is 51.2 Å². The number of nitrogens with one attached hydrogen (secondary N) is 2. The lowest BCUT2D eigenvalue weighted by atomic mass is 10.1. The highest BCUT2D eigenvalue weighted by Crippen LogP contribution is 2.26. The molecule has 3 rings (SSSR count). The Balaban J connectivity index is 1.91. The SMILES string of the molecule is O=C1NC(=S)NC(=O)C1=Cc1ccc(-c2cccc(Br)c2)o1. The maximum Gasteiger partial charge on any atom is 0.263 e. The van der Waals surface area contributed by atoms with Gasteiger partial charge in [-0.25, -0.2) is 0 Å². The molecule has 1 saturated heterocycles. The number of thiocarbonyl (C=S) groups is 1. The summed E-state index contributed by atoms with van der Waals surface area (Å²) in [7, 11) is 0. The molecule has 2 heterocycles. The van der Waals surface area contributed by atoms with Crippen molar-refractivity contribution in [2.24, 2.45) is 0 Å². The lowest BCUT2D eigenvalue weighted by molar-refractivity contribution is -0.123. The van der Waals surface area contributed by atoms with Gasteiger partial charge in [-0.3, -0.25) is 20.2 Å². The highest BCUT2D eigenvalue weighted by Gasteiger charge is 2.26. The number of amides is 2. The predicted molar refractivity (Wildman–Crippen MR) is 88.7 cm³/mol. The van der Waals surface area contributed by atoms with Gasteiger partial charge in [0, 0.05) is 10.0 Å². The molecule has 1 aliphatic heterocycles. The first-order valence-electron chi connectivity index (χ1n) is 6.27. The third-order valence-electron chi connectivity index (χ3n) is 2.97. The average molecular weight is 377 g/mol. The smallest absolute Gasteiger partial charge is 0.263 e. The summed E-state index contributed by atoms with van der Waals surface area (Å²) in [6, 6.07) is 11.1. The fraction of sp³-hybridized carbons (Fsp3) is 0. The van der Waals surface area contributed by atoms with Crippen LogP contribution in [0.1, 0.15) is 5.76 Å². The number of carbonyl (C=O) groups excluding carboxylic acids is 2. The summed E-state index contributed by atoms with van der Waals surface area (Å²) in [6.07, 6.45) is 1.38.